The zero-order chi connectivity index (χ0) is 55.1. The molecule has 0 bridgehead atoms. The molecule has 0 aliphatic carbocycles. The standard InChI is InChI=1S/C32H42BrN5O4.C27H34BrN5O2.2CH4.ClH/c1-7-8-11-27-37-28-29(38(27)17-10-9-16-34-31(39)42-32(2,3)4)24-18-22(33)13-15-25(24)36-30(28)35-20-21-12-14-23(40-5)19-26(21)41-6;1-4-5-8-24-32-25-26(33(24)14-7-6-13-29)21-15-19(28)10-12-22(21)31-27(25)30-17-18-9-11-20(34-2)16-23(18)35-3;;;/h12-15,18-19H,7-11,16-17,20H2,1-6H3,(H,34,39)(H,35,36);9-12,15-16H,4-8,13-14,17,29H2,1-3H3,(H,30,31);2*1H4;1H. The van der Waals surface area contributed by atoms with Crippen LogP contribution in [0.25, 0.3) is 43.9 Å². The van der Waals surface area contributed by atoms with E-state index in [-0.39, 0.29) is 33.4 Å². The number of alkyl carbamates (subject to hydrolysis) is 1. The van der Waals surface area contributed by atoms with E-state index in [0.717, 1.165) is 188 Å². The number of aromatic nitrogens is 6. The number of aryl methyl sites for hydroxylation is 4. The largest absolute Gasteiger partial charge is 0.497 e. The fourth-order valence-electron chi connectivity index (χ4n) is 9.26. The highest BCUT2D eigenvalue weighted by atomic mass is 79.9. The lowest BCUT2D eigenvalue weighted by Gasteiger charge is -2.19. The maximum absolute atomic E-state index is 12.1. The number of rotatable bonds is 25. The first-order valence-corrected chi connectivity index (χ1v) is 28.3. The Morgan fingerprint density at radius 2 is 1.05 bits per heavy atom. The number of methoxy groups -OCH3 is 4. The van der Waals surface area contributed by atoms with Gasteiger partial charge in [-0.25, -0.2) is 24.7 Å². The van der Waals surface area contributed by atoms with Crippen molar-refractivity contribution >= 4 is 106 Å². The summed E-state index contributed by atoms with van der Waals surface area (Å²) in [7, 11) is 6.63. The van der Waals surface area contributed by atoms with Gasteiger partial charge in [0.25, 0.3) is 0 Å². The molecule has 4 heterocycles. The van der Waals surface area contributed by atoms with Crippen LogP contribution in [0.5, 0.6) is 23.0 Å². The summed E-state index contributed by atoms with van der Waals surface area (Å²) in [5, 5.41) is 12.1. The summed E-state index contributed by atoms with van der Waals surface area (Å²) in [6.07, 6.45) is 9.49. The van der Waals surface area contributed by atoms with Gasteiger partial charge in [0.2, 0.25) is 0 Å². The van der Waals surface area contributed by atoms with E-state index in [1.807, 2.05) is 75.4 Å². The van der Waals surface area contributed by atoms with Gasteiger partial charge >= 0.3 is 6.09 Å². The van der Waals surface area contributed by atoms with Gasteiger partial charge < -0.3 is 54.5 Å². The number of carbonyl (C=O) groups excluding carboxylic acids is 1. The van der Waals surface area contributed by atoms with Crippen LogP contribution in [0, 0.1) is 0 Å². The molecule has 0 saturated heterocycles. The molecular formula is C61H85Br2ClN10O6. The summed E-state index contributed by atoms with van der Waals surface area (Å²) in [4.78, 5) is 32.4. The molecule has 0 fully saturated rings. The molecule has 19 heteroatoms. The molecule has 8 aromatic rings. The maximum atomic E-state index is 12.1. The Morgan fingerprint density at radius 3 is 1.45 bits per heavy atom. The highest BCUT2D eigenvalue weighted by Crippen LogP contribution is 2.36. The van der Waals surface area contributed by atoms with Crippen molar-refractivity contribution in [3.63, 3.8) is 0 Å². The molecule has 0 unspecified atom stereocenters. The van der Waals surface area contributed by atoms with Gasteiger partial charge in [-0.15, -0.1) is 12.4 Å². The number of halogens is 3. The van der Waals surface area contributed by atoms with Gasteiger partial charge in [0.15, 0.2) is 11.6 Å². The number of carbonyl (C=O) groups is 1. The second-order valence-electron chi connectivity index (χ2n) is 19.9. The molecule has 4 aromatic carbocycles. The Bertz CT molecular complexity index is 3270. The van der Waals surface area contributed by atoms with Crippen LogP contribution in [-0.4, -0.2) is 82.3 Å². The van der Waals surface area contributed by atoms with E-state index in [9.17, 15) is 4.79 Å². The minimum absolute atomic E-state index is 0. The highest BCUT2D eigenvalue weighted by Gasteiger charge is 2.22. The number of nitrogens with zero attached hydrogens (tertiary/aromatic N) is 6. The molecule has 0 radical (unpaired) electrons. The summed E-state index contributed by atoms with van der Waals surface area (Å²) in [6, 6.07) is 24.0. The van der Waals surface area contributed by atoms with Crippen molar-refractivity contribution in [2.45, 2.75) is 145 Å². The van der Waals surface area contributed by atoms with Crippen LogP contribution in [0.2, 0.25) is 0 Å². The van der Waals surface area contributed by atoms with Gasteiger partial charge in [-0.1, -0.05) is 73.4 Å². The van der Waals surface area contributed by atoms with Gasteiger partial charge in [-0.05, 0) is 127 Å². The lowest BCUT2D eigenvalue weighted by molar-refractivity contribution is 0.0526. The van der Waals surface area contributed by atoms with Crippen LogP contribution in [0.1, 0.15) is 124 Å². The van der Waals surface area contributed by atoms with Gasteiger partial charge in [0.1, 0.15) is 51.3 Å². The average molecular weight is 1250 g/mol. The van der Waals surface area contributed by atoms with Crippen LogP contribution in [0.3, 0.4) is 0 Å². The lowest BCUT2D eigenvalue weighted by Crippen LogP contribution is -2.33. The summed E-state index contributed by atoms with van der Waals surface area (Å²) in [6.45, 7) is 14.0. The van der Waals surface area contributed by atoms with Crippen LogP contribution in [-0.2, 0) is 43.8 Å². The van der Waals surface area contributed by atoms with E-state index in [0.29, 0.717) is 26.2 Å². The predicted octanol–water partition coefficient (Wildman–Crippen LogP) is 15.4. The quantitative estimate of drug-likeness (QED) is 0.0396. The average Bonchev–Trinajstić information content (AvgIpc) is 4.15. The van der Waals surface area contributed by atoms with Crippen molar-refractivity contribution in [3.8, 4) is 23.0 Å². The monoisotopic (exact) mass is 1250 g/mol. The van der Waals surface area contributed by atoms with Gasteiger partial charge in [0.05, 0.1) is 50.5 Å². The Morgan fingerprint density at radius 1 is 0.600 bits per heavy atom. The van der Waals surface area contributed by atoms with Crippen LogP contribution >= 0.6 is 44.3 Å². The van der Waals surface area contributed by atoms with E-state index in [1.165, 1.54) is 0 Å². The number of hydrogen-bond acceptors (Lipinski definition) is 13. The molecule has 80 heavy (non-hydrogen) atoms. The summed E-state index contributed by atoms with van der Waals surface area (Å²) < 4.78 is 34.0. The van der Waals surface area contributed by atoms with Crippen LogP contribution in [0.15, 0.2) is 81.7 Å². The molecule has 1 amide bonds. The van der Waals surface area contributed by atoms with Crippen molar-refractivity contribution < 1.29 is 28.5 Å². The van der Waals surface area contributed by atoms with Crippen molar-refractivity contribution in [2.24, 2.45) is 5.73 Å². The number of fused-ring (bicyclic) bond motifs is 6. The number of hydrogen-bond donors (Lipinski definition) is 4. The third kappa shape index (κ3) is 17.0. The fourth-order valence-corrected chi connectivity index (χ4v) is 9.98. The van der Waals surface area contributed by atoms with Gasteiger partial charge in [-0.3, -0.25) is 0 Å². The third-order valence-electron chi connectivity index (χ3n) is 13.1. The highest BCUT2D eigenvalue weighted by molar-refractivity contribution is 9.10. The molecule has 0 saturated carbocycles. The molecule has 0 spiro atoms. The molecule has 8 rings (SSSR count). The van der Waals surface area contributed by atoms with E-state index >= 15 is 0 Å². The first-order chi connectivity index (χ1) is 37.2. The van der Waals surface area contributed by atoms with E-state index in [4.69, 9.17) is 49.4 Å². The number of benzene rings is 4. The first-order valence-electron chi connectivity index (χ1n) is 26.8. The smallest absolute Gasteiger partial charge is 0.407 e. The topological polar surface area (TPSA) is 187 Å². The van der Waals surface area contributed by atoms with Gasteiger partial charge in [-0.2, -0.15) is 0 Å². The van der Waals surface area contributed by atoms with Gasteiger partial charge in [0, 0.05) is 88.5 Å². The fraction of sp³-hybridized carbons (Fsp3) is 0.459. The predicted molar refractivity (Wildman–Crippen MR) is 339 cm³/mol. The first kappa shape index (κ1) is 66.4. The number of unbranched alkanes of at least 4 members (excludes halogenated alkanes) is 4. The number of ether oxygens (including phenoxy) is 5. The molecule has 436 valence electrons. The normalized spacial score (nSPS) is 11.1. The zero-order valence-corrected chi connectivity index (χ0v) is 50.6. The number of anilines is 2. The number of imidazole rings is 2. The SMILES string of the molecule is C.C.CCCCc1nc2c(NCc3ccc(OC)cc3OC)nc3ccc(Br)cc3c2n1CCCCN.CCCCc1nc2c(NCc3ccc(OC)cc3OC)nc3ccc(Br)cc3c2n1CCCCNC(=O)OC(C)(C)C.Cl. The second-order valence-corrected chi connectivity index (χ2v) is 21.7. The van der Waals surface area contributed by atoms with E-state index in [1.54, 1.807) is 28.4 Å². The number of nitrogens with two attached hydrogens (primary N) is 1. The molecule has 4 aromatic heterocycles. The molecular weight excluding hydrogens is 1160 g/mol. The number of nitrogens with one attached hydrogen (secondary N) is 3. The molecule has 5 N–H and O–H groups in total. The Balaban J connectivity index is 0.000000337. The Labute approximate surface area is 496 Å². The summed E-state index contributed by atoms with van der Waals surface area (Å²) in [5.74, 6) is 6.70. The Hall–Kier alpha value is -6.08. The lowest BCUT2D eigenvalue weighted by atomic mass is 10.1. The summed E-state index contributed by atoms with van der Waals surface area (Å²) in [5.41, 5.74) is 13.1. The molecule has 0 aliphatic heterocycles. The second kappa shape index (κ2) is 31.8. The van der Waals surface area contributed by atoms with Crippen molar-refractivity contribution in [1.29, 1.82) is 0 Å². The minimum Gasteiger partial charge on any atom is -0.497 e. The summed E-state index contributed by atoms with van der Waals surface area (Å²) >= 11 is 7.31. The van der Waals surface area contributed by atoms with Crippen molar-refractivity contribution in [3.05, 3.63) is 105 Å². The van der Waals surface area contributed by atoms with Crippen molar-refractivity contribution in [1.82, 2.24) is 34.4 Å². The van der Waals surface area contributed by atoms with E-state index < -0.39 is 5.60 Å². The van der Waals surface area contributed by atoms with E-state index in [2.05, 4.69) is 89.0 Å². The molecule has 0 aliphatic rings. The zero-order valence-electron chi connectivity index (χ0n) is 46.6. The van der Waals surface area contributed by atoms with Crippen LogP contribution in [0.4, 0.5) is 16.4 Å². The maximum Gasteiger partial charge on any atom is 0.407 e. The number of amides is 1. The molecule has 0 atom stereocenters. The van der Waals surface area contributed by atoms with Crippen LogP contribution < -0.4 is 40.6 Å². The molecule has 16 nitrogen and oxygen atoms in total. The third-order valence-corrected chi connectivity index (χ3v) is 14.1. The Kier molecular flexibility index (Phi) is 26.4. The number of pyridine rings is 2. The van der Waals surface area contributed by atoms with Crippen molar-refractivity contribution in [2.75, 3.05) is 52.2 Å². The minimum atomic E-state index is -0.512.